The van der Waals surface area contributed by atoms with Gasteiger partial charge in [-0.25, -0.2) is 9.97 Å². The van der Waals surface area contributed by atoms with Crippen molar-refractivity contribution < 1.29 is 9.47 Å². The Morgan fingerprint density at radius 1 is 1.35 bits per heavy atom. The normalized spacial score (nSPS) is 19.0. The summed E-state index contributed by atoms with van der Waals surface area (Å²) < 4.78 is 12.1. The lowest BCUT2D eigenvalue weighted by atomic mass is 10.1. The summed E-state index contributed by atoms with van der Waals surface area (Å²) in [7, 11) is 0. The van der Waals surface area contributed by atoms with Crippen molar-refractivity contribution in [1.82, 2.24) is 20.2 Å². The van der Waals surface area contributed by atoms with E-state index in [0.29, 0.717) is 16.1 Å². The van der Waals surface area contributed by atoms with E-state index in [4.69, 9.17) is 21.1 Å². The smallest absolute Gasteiger partial charge is 0.222 e. The van der Waals surface area contributed by atoms with E-state index in [1.54, 1.807) is 0 Å². The fourth-order valence-corrected chi connectivity index (χ4v) is 2.56. The number of rotatable bonds is 3. The predicted molar refractivity (Wildman–Crippen MR) is 75.9 cm³/mol. The Kier molecular flexibility index (Phi) is 4.18. The number of aromatic amines is 1. The average molecular weight is 360 g/mol. The summed E-state index contributed by atoms with van der Waals surface area (Å²) in [6.07, 6.45) is 6.17. The van der Waals surface area contributed by atoms with Crippen LogP contribution in [0.4, 0.5) is 0 Å². The molecule has 106 valence electrons. The number of nitrogens with zero attached hydrogens (tertiary/aromatic N) is 3. The van der Waals surface area contributed by atoms with Gasteiger partial charge in [-0.2, -0.15) is 5.10 Å². The van der Waals surface area contributed by atoms with Crippen molar-refractivity contribution in [2.24, 2.45) is 0 Å². The number of aromatic nitrogens is 4. The van der Waals surface area contributed by atoms with Gasteiger partial charge in [0.15, 0.2) is 16.1 Å². The SMILES string of the molecule is Clc1ncc(Oc2c(Br)n[nH]c2C2CCCCO2)cn1. The molecule has 1 N–H and O–H groups in total. The second-order valence-electron chi connectivity index (χ2n) is 4.40. The van der Waals surface area contributed by atoms with Crippen molar-refractivity contribution in [3.8, 4) is 11.5 Å². The fourth-order valence-electron chi connectivity index (χ4n) is 2.08. The molecule has 6 nitrogen and oxygen atoms in total. The van der Waals surface area contributed by atoms with Gasteiger partial charge < -0.3 is 9.47 Å². The number of ether oxygens (including phenoxy) is 2. The number of H-pyrrole nitrogens is 1. The van der Waals surface area contributed by atoms with Gasteiger partial charge >= 0.3 is 0 Å². The molecule has 0 bridgehead atoms. The summed E-state index contributed by atoms with van der Waals surface area (Å²) in [5.41, 5.74) is 0.825. The molecule has 1 aliphatic heterocycles. The molecule has 0 amide bonds. The highest BCUT2D eigenvalue weighted by Gasteiger charge is 2.25. The van der Waals surface area contributed by atoms with E-state index in [1.807, 2.05) is 0 Å². The summed E-state index contributed by atoms with van der Waals surface area (Å²) in [6.45, 7) is 0.755. The minimum absolute atomic E-state index is 0.0224. The van der Waals surface area contributed by atoms with Crippen LogP contribution in [0.25, 0.3) is 0 Å². The highest BCUT2D eigenvalue weighted by Crippen LogP contribution is 2.38. The molecule has 3 rings (SSSR count). The molecule has 1 unspecified atom stereocenters. The van der Waals surface area contributed by atoms with Crippen LogP contribution in [0.5, 0.6) is 11.5 Å². The molecule has 1 saturated heterocycles. The molecule has 8 heteroatoms. The first kappa shape index (κ1) is 13.8. The molecule has 2 aromatic rings. The molecule has 1 fully saturated rings. The second-order valence-corrected chi connectivity index (χ2v) is 5.49. The maximum atomic E-state index is 5.78. The Balaban J connectivity index is 1.84. The molecule has 0 aromatic carbocycles. The van der Waals surface area contributed by atoms with E-state index in [2.05, 4.69) is 36.1 Å². The zero-order chi connectivity index (χ0) is 13.9. The molecule has 3 heterocycles. The van der Waals surface area contributed by atoms with Gasteiger partial charge in [-0.1, -0.05) is 0 Å². The number of nitrogens with one attached hydrogen (secondary N) is 1. The van der Waals surface area contributed by atoms with Crippen LogP contribution in [0.3, 0.4) is 0 Å². The van der Waals surface area contributed by atoms with Crippen LogP contribution in [-0.4, -0.2) is 26.8 Å². The third-order valence-electron chi connectivity index (χ3n) is 3.02. The summed E-state index contributed by atoms with van der Waals surface area (Å²) >= 11 is 9.02. The van der Waals surface area contributed by atoms with Gasteiger partial charge in [-0.15, -0.1) is 0 Å². The number of halogens is 2. The lowest BCUT2D eigenvalue weighted by molar-refractivity contribution is 0.0112. The molecular formula is C12H12BrClN4O2. The van der Waals surface area contributed by atoms with E-state index in [9.17, 15) is 0 Å². The molecule has 1 atom stereocenters. The van der Waals surface area contributed by atoms with Crippen molar-refractivity contribution >= 4 is 27.5 Å². The van der Waals surface area contributed by atoms with Crippen LogP contribution in [0.2, 0.25) is 5.28 Å². The van der Waals surface area contributed by atoms with Crippen molar-refractivity contribution in [2.45, 2.75) is 25.4 Å². The second kappa shape index (κ2) is 6.07. The minimum atomic E-state index is -0.0224. The largest absolute Gasteiger partial charge is 0.449 e. The molecule has 0 aliphatic carbocycles. The van der Waals surface area contributed by atoms with Gasteiger partial charge in [0.2, 0.25) is 5.28 Å². The summed E-state index contributed by atoms with van der Waals surface area (Å²) in [5, 5.41) is 7.27. The van der Waals surface area contributed by atoms with Crippen LogP contribution in [-0.2, 0) is 4.74 Å². The van der Waals surface area contributed by atoms with Crippen molar-refractivity contribution in [2.75, 3.05) is 6.61 Å². The Hall–Kier alpha value is -1.18. The molecule has 2 aromatic heterocycles. The summed E-state index contributed by atoms with van der Waals surface area (Å²) in [4.78, 5) is 7.77. The van der Waals surface area contributed by atoms with Crippen molar-refractivity contribution in [3.05, 3.63) is 28.0 Å². The van der Waals surface area contributed by atoms with Gasteiger partial charge in [0.1, 0.15) is 11.8 Å². The maximum Gasteiger partial charge on any atom is 0.222 e. The lowest BCUT2D eigenvalue weighted by Gasteiger charge is -2.22. The first-order chi connectivity index (χ1) is 9.74. The zero-order valence-electron chi connectivity index (χ0n) is 10.5. The van der Waals surface area contributed by atoms with E-state index in [0.717, 1.165) is 31.6 Å². The molecule has 0 spiro atoms. The van der Waals surface area contributed by atoms with Gasteiger partial charge in [-0.3, -0.25) is 5.10 Å². The van der Waals surface area contributed by atoms with E-state index in [1.165, 1.54) is 12.4 Å². The van der Waals surface area contributed by atoms with E-state index >= 15 is 0 Å². The Morgan fingerprint density at radius 2 is 2.15 bits per heavy atom. The molecule has 0 radical (unpaired) electrons. The van der Waals surface area contributed by atoms with E-state index in [-0.39, 0.29) is 11.4 Å². The Bertz CT molecular complexity index is 584. The van der Waals surface area contributed by atoms with Crippen LogP contribution >= 0.6 is 27.5 Å². The van der Waals surface area contributed by atoms with Crippen LogP contribution < -0.4 is 4.74 Å². The van der Waals surface area contributed by atoms with Gasteiger partial charge in [0.25, 0.3) is 0 Å². The van der Waals surface area contributed by atoms with Crippen LogP contribution in [0, 0.1) is 0 Å². The van der Waals surface area contributed by atoms with Crippen molar-refractivity contribution in [1.29, 1.82) is 0 Å². The fraction of sp³-hybridized carbons (Fsp3) is 0.417. The topological polar surface area (TPSA) is 72.9 Å². The monoisotopic (exact) mass is 358 g/mol. The van der Waals surface area contributed by atoms with Gasteiger partial charge in [-0.05, 0) is 46.8 Å². The lowest BCUT2D eigenvalue weighted by Crippen LogP contribution is -2.12. The standard InChI is InChI=1S/C12H12BrClN4O2/c13-11-10(20-7-5-15-12(14)16-6-7)9(17-18-11)8-3-1-2-4-19-8/h5-6,8H,1-4H2,(H,17,18). The number of hydrogen-bond acceptors (Lipinski definition) is 5. The third kappa shape index (κ3) is 2.94. The van der Waals surface area contributed by atoms with Gasteiger partial charge in [0.05, 0.1) is 12.4 Å². The highest BCUT2D eigenvalue weighted by atomic mass is 79.9. The van der Waals surface area contributed by atoms with Crippen LogP contribution in [0.15, 0.2) is 17.0 Å². The first-order valence-electron chi connectivity index (χ1n) is 6.25. The average Bonchev–Trinajstić information content (AvgIpc) is 2.84. The van der Waals surface area contributed by atoms with Crippen molar-refractivity contribution in [3.63, 3.8) is 0 Å². The molecule has 20 heavy (non-hydrogen) atoms. The first-order valence-corrected chi connectivity index (χ1v) is 7.42. The van der Waals surface area contributed by atoms with E-state index < -0.39 is 0 Å². The molecule has 1 aliphatic rings. The Labute approximate surface area is 129 Å². The third-order valence-corrected chi connectivity index (χ3v) is 3.76. The number of hydrogen-bond donors (Lipinski definition) is 1. The molecule has 0 saturated carbocycles. The Morgan fingerprint density at radius 3 is 2.85 bits per heavy atom. The molecular weight excluding hydrogens is 348 g/mol. The summed E-state index contributed by atoms with van der Waals surface area (Å²) in [5.74, 6) is 1.09. The zero-order valence-corrected chi connectivity index (χ0v) is 12.8. The highest BCUT2D eigenvalue weighted by molar-refractivity contribution is 9.10. The predicted octanol–water partition coefficient (Wildman–Crippen LogP) is 3.65. The van der Waals surface area contributed by atoms with Crippen LogP contribution in [0.1, 0.15) is 31.1 Å². The summed E-state index contributed by atoms with van der Waals surface area (Å²) in [6, 6.07) is 0. The minimum Gasteiger partial charge on any atom is -0.449 e. The maximum absolute atomic E-state index is 5.78. The quantitative estimate of drug-likeness (QED) is 0.847. The van der Waals surface area contributed by atoms with Gasteiger partial charge in [0, 0.05) is 6.61 Å².